The highest BCUT2D eigenvalue weighted by Gasteiger charge is 2.36. The van der Waals surface area contributed by atoms with Crippen LogP contribution in [0, 0.1) is 18.7 Å². The standard InChI is InChI=1S/C26H30FN3O4/c1-18-3-2-4-21(17-18)25(32)29-11-9-19(10-12-29)23(26(33)30-13-15-34-16-14-30)28-24(31)20-5-7-22(27)8-6-20/h2-8,17,19,23H,9-16H2,1H3,(H,28,31)/t23-/m0/s1. The topological polar surface area (TPSA) is 79.0 Å². The number of carbonyl (C=O) groups is 3. The van der Waals surface area contributed by atoms with Gasteiger partial charge in [-0.15, -0.1) is 0 Å². The van der Waals surface area contributed by atoms with Gasteiger partial charge in [-0.05, 0) is 62.1 Å². The summed E-state index contributed by atoms with van der Waals surface area (Å²) < 4.78 is 18.7. The summed E-state index contributed by atoms with van der Waals surface area (Å²) in [6, 6.07) is 12.1. The molecule has 180 valence electrons. The predicted octanol–water partition coefficient (Wildman–Crippen LogP) is 2.64. The van der Waals surface area contributed by atoms with Gasteiger partial charge in [0.05, 0.1) is 13.2 Å². The Labute approximate surface area is 198 Å². The summed E-state index contributed by atoms with van der Waals surface area (Å²) in [5.74, 6) is -1.11. The number of hydrogen-bond donors (Lipinski definition) is 1. The molecule has 4 rings (SSSR count). The Morgan fingerprint density at radius 2 is 1.62 bits per heavy atom. The number of nitrogens with one attached hydrogen (secondary N) is 1. The molecule has 2 aliphatic heterocycles. The van der Waals surface area contributed by atoms with Crippen LogP contribution in [0.25, 0.3) is 0 Å². The zero-order valence-corrected chi connectivity index (χ0v) is 19.3. The van der Waals surface area contributed by atoms with E-state index in [0.717, 1.165) is 5.56 Å². The van der Waals surface area contributed by atoms with Crippen LogP contribution >= 0.6 is 0 Å². The van der Waals surface area contributed by atoms with Crippen molar-refractivity contribution in [1.29, 1.82) is 0 Å². The van der Waals surface area contributed by atoms with E-state index in [-0.39, 0.29) is 17.7 Å². The monoisotopic (exact) mass is 467 g/mol. The number of ether oxygens (including phenoxy) is 1. The van der Waals surface area contributed by atoms with E-state index in [1.54, 1.807) is 4.90 Å². The molecule has 2 aromatic carbocycles. The van der Waals surface area contributed by atoms with Gasteiger partial charge in [-0.3, -0.25) is 14.4 Å². The van der Waals surface area contributed by atoms with Gasteiger partial charge < -0.3 is 19.9 Å². The van der Waals surface area contributed by atoms with E-state index in [9.17, 15) is 18.8 Å². The van der Waals surface area contributed by atoms with Crippen LogP contribution in [0.4, 0.5) is 4.39 Å². The van der Waals surface area contributed by atoms with Crippen LogP contribution < -0.4 is 5.32 Å². The Balaban J connectivity index is 1.46. The molecule has 34 heavy (non-hydrogen) atoms. The lowest BCUT2D eigenvalue weighted by Crippen LogP contribution is -2.56. The SMILES string of the molecule is Cc1cccc(C(=O)N2CCC([C@H](NC(=O)c3ccc(F)cc3)C(=O)N3CCOCC3)CC2)c1. The van der Waals surface area contributed by atoms with Gasteiger partial charge in [0, 0.05) is 37.3 Å². The first-order valence-corrected chi connectivity index (χ1v) is 11.7. The van der Waals surface area contributed by atoms with E-state index in [1.165, 1.54) is 24.3 Å². The van der Waals surface area contributed by atoms with Gasteiger partial charge in [0.15, 0.2) is 0 Å². The van der Waals surface area contributed by atoms with E-state index in [0.29, 0.717) is 63.4 Å². The van der Waals surface area contributed by atoms with Crippen molar-refractivity contribution in [3.05, 3.63) is 71.0 Å². The van der Waals surface area contributed by atoms with Crippen LogP contribution in [-0.2, 0) is 9.53 Å². The van der Waals surface area contributed by atoms with Crippen molar-refractivity contribution >= 4 is 17.7 Å². The fourth-order valence-corrected chi connectivity index (χ4v) is 4.58. The van der Waals surface area contributed by atoms with Crippen molar-refractivity contribution in [1.82, 2.24) is 15.1 Å². The van der Waals surface area contributed by atoms with E-state index in [2.05, 4.69) is 5.32 Å². The molecular formula is C26H30FN3O4. The first-order valence-electron chi connectivity index (χ1n) is 11.7. The molecule has 1 atom stereocenters. The number of nitrogens with zero attached hydrogens (tertiary/aromatic N) is 2. The molecule has 0 spiro atoms. The third-order valence-electron chi connectivity index (χ3n) is 6.55. The second kappa shape index (κ2) is 10.8. The molecule has 8 heteroatoms. The van der Waals surface area contributed by atoms with Gasteiger partial charge in [-0.2, -0.15) is 0 Å². The molecule has 3 amide bonds. The zero-order chi connectivity index (χ0) is 24.1. The summed E-state index contributed by atoms with van der Waals surface area (Å²) in [5, 5.41) is 2.91. The number of amides is 3. The van der Waals surface area contributed by atoms with Gasteiger partial charge in [0.25, 0.3) is 11.8 Å². The fourth-order valence-electron chi connectivity index (χ4n) is 4.58. The maximum atomic E-state index is 13.4. The van der Waals surface area contributed by atoms with Crippen LogP contribution in [0.15, 0.2) is 48.5 Å². The Hall–Kier alpha value is -3.26. The quantitative estimate of drug-likeness (QED) is 0.733. The molecular weight excluding hydrogens is 437 g/mol. The van der Waals surface area contributed by atoms with Gasteiger partial charge >= 0.3 is 0 Å². The summed E-state index contributed by atoms with van der Waals surface area (Å²) in [5.41, 5.74) is 1.98. The van der Waals surface area contributed by atoms with E-state index in [1.807, 2.05) is 36.1 Å². The molecule has 0 radical (unpaired) electrons. The Morgan fingerprint density at radius 3 is 2.26 bits per heavy atom. The Kier molecular flexibility index (Phi) is 7.57. The summed E-state index contributed by atoms with van der Waals surface area (Å²) in [6.45, 7) is 4.86. The highest BCUT2D eigenvalue weighted by molar-refractivity contribution is 5.98. The van der Waals surface area contributed by atoms with E-state index < -0.39 is 17.8 Å². The smallest absolute Gasteiger partial charge is 0.253 e. The highest BCUT2D eigenvalue weighted by Crippen LogP contribution is 2.24. The van der Waals surface area contributed by atoms with Crippen molar-refractivity contribution in [2.75, 3.05) is 39.4 Å². The number of aryl methyl sites for hydroxylation is 1. The largest absolute Gasteiger partial charge is 0.378 e. The Bertz CT molecular complexity index is 1030. The van der Waals surface area contributed by atoms with Crippen LogP contribution in [-0.4, -0.2) is 73.0 Å². The molecule has 0 saturated carbocycles. The molecule has 0 aliphatic carbocycles. The molecule has 2 saturated heterocycles. The molecule has 2 fully saturated rings. The van der Waals surface area contributed by atoms with Crippen LogP contribution in [0.5, 0.6) is 0 Å². The molecule has 2 aliphatic rings. The highest BCUT2D eigenvalue weighted by atomic mass is 19.1. The zero-order valence-electron chi connectivity index (χ0n) is 19.3. The van der Waals surface area contributed by atoms with Crippen molar-refractivity contribution < 1.29 is 23.5 Å². The van der Waals surface area contributed by atoms with Crippen LogP contribution in [0.2, 0.25) is 0 Å². The first kappa shape index (κ1) is 23.9. The number of benzene rings is 2. The maximum absolute atomic E-state index is 13.4. The van der Waals surface area contributed by atoms with Gasteiger partial charge in [-0.1, -0.05) is 17.7 Å². The van der Waals surface area contributed by atoms with Crippen molar-refractivity contribution in [3.63, 3.8) is 0 Å². The average molecular weight is 468 g/mol. The number of carbonyl (C=O) groups excluding carboxylic acids is 3. The molecule has 0 aromatic heterocycles. The minimum absolute atomic E-state index is 0.0199. The van der Waals surface area contributed by atoms with Gasteiger partial charge in [0.2, 0.25) is 5.91 Å². The number of piperidine rings is 1. The number of morpholine rings is 1. The predicted molar refractivity (Wildman–Crippen MR) is 125 cm³/mol. The summed E-state index contributed by atoms with van der Waals surface area (Å²) in [6.07, 6.45) is 1.20. The number of rotatable bonds is 5. The fraction of sp³-hybridized carbons (Fsp3) is 0.423. The van der Waals surface area contributed by atoms with Crippen molar-refractivity contribution in [2.45, 2.75) is 25.8 Å². The minimum Gasteiger partial charge on any atom is -0.378 e. The van der Waals surface area contributed by atoms with E-state index >= 15 is 0 Å². The third-order valence-corrected chi connectivity index (χ3v) is 6.55. The lowest BCUT2D eigenvalue weighted by atomic mass is 9.87. The maximum Gasteiger partial charge on any atom is 0.253 e. The normalized spacial score (nSPS) is 17.8. The van der Waals surface area contributed by atoms with Crippen LogP contribution in [0.3, 0.4) is 0 Å². The Morgan fingerprint density at radius 1 is 0.941 bits per heavy atom. The second-order valence-corrected chi connectivity index (χ2v) is 8.89. The molecule has 0 unspecified atom stereocenters. The first-order chi connectivity index (χ1) is 16.4. The van der Waals surface area contributed by atoms with Crippen molar-refractivity contribution in [2.24, 2.45) is 5.92 Å². The van der Waals surface area contributed by atoms with Crippen LogP contribution in [0.1, 0.15) is 39.1 Å². The number of likely N-dealkylation sites (tertiary alicyclic amines) is 1. The molecule has 2 heterocycles. The summed E-state index contributed by atoms with van der Waals surface area (Å²) in [7, 11) is 0. The molecule has 7 nitrogen and oxygen atoms in total. The second-order valence-electron chi connectivity index (χ2n) is 8.89. The molecule has 0 bridgehead atoms. The molecule has 1 N–H and O–H groups in total. The lowest BCUT2D eigenvalue weighted by Gasteiger charge is -2.38. The van der Waals surface area contributed by atoms with Gasteiger partial charge in [0.1, 0.15) is 11.9 Å². The minimum atomic E-state index is -0.716. The molecule has 2 aromatic rings. The average Bonchev–Trinajstić information content (AvgIpc) is 2.87. The van der Waals surface area contributed by atoms with E-state index in [4.69, 9.17) is 4.74 Å². The summed E-state index contributed by atoms with van der Waals surface area (Å²) >= 11 is 0. The van der Waals surface area contributed by atoms with Crippen molar-refractivity contribution in [3.8, 4) is 0 Å². The lowest BCUT2D eigenvalue weighted by molar-refractivity contribution is -0.139. The van der Waals surface area contributed by atoms with Gasteiger partial charge in [-0.25, -0.2) is 4.39 Å². The summed E-state index contributed by atoms with van der Waals surface area (Å²) in [4.78, 5) is 42.8. The number of hydrogen-bond acceptors (Lipinski definition) is 4. The number of halogens is 1. The third kappa shape index (κ3) is 5.62.